The predicted molar refractivity (Wildman–Crippen MR) is 119 cm³/mol. The van der Waals surface area contributed by atoms with E-state index in [1.165, 1.54) is 23.3 Å². The van der Waals surface area contributed by atoms with Gasteiger partial charge in [-0.25, -0.2) is 4.39 Å². The number of amides is 1. The molecule has 1 amide bonds. The van der Waals surface area contributed by atoms with Crippen molar-refractivity contribution in [3.8, 4) is 0 Å². The smallest absolute Gasteiger partial charge is 0.270 e. The molecule has 30 heavy (non-hydrogen) atoms. The van der Waals surface area contributed by atoms with Gasteiger partial charge in [0.2, 0.25) is 0 Å². The molecule has 0 unspecified atom stereocenters. The number of nitrogens with one attached hydrogen (secondary N) is 2. The van der Waals surface area contributed by atoms with Gasteiger partial charge in [0, 0.05) is 36.1 Å². The number of benzene rings is 2. The second-order valence-corrected chi connectivity index (χ2v) is 8.39. The molecule has 0 radical (unpaired) electrons. The van der Waals surface area contributed by atoms with E-state index in [9.17, 15) is 9.18 Å². The summed E-state index contributed by atoms with van der Waals surface area (Å²) in [4.78, 5) is 18.4. The molecule has 1 saturated carbocycles. The molecule has 4 rings (SSSR count). The summed E-state index contributed by atoms with van der Waals surface area (Å²) in [6.45, 7) is 5.66. The number of carbonyl (C=O) groups is 1. The summed E-state index contributed by atoms with van der Waals surface area (Å²) in [5.74, 6) is -0.291. The SMILES string of the molecule is CCN(C(=O)c1cc2cc(F)ccc2[nH]1)[C@H]1CCC[C@@H](NCc2cccc(C)c2)C1. The molecule has 0 bridgehead atoms. The number of nitrogens with zero attached hydrogens (tertiary/aromatic N) is 1. The van der Waals surface area contributed by atoms with E-state index >= 15 is 0 Å². The van der Waals surface area contributed by atoms with Crippen molar-refractivity contribution < 1.29 is 9.18 Å². The van der Waals surface area contributed by atoms with Crippen LogP contribution < -0.4 is 5.32 Å². The van der Waals surface area contributed by atoms with Crippen LogP contribution in [-0.4, -0.2) is 34.4 Å². The number of aryl methyl sites for hydroxylation is 1. The van der Waals surface area contributed by atoms with Gasteiger partial charge >= 0.3 is 0 Å². The van der Waals surface area contributed by atoms with E-state index in [4.69, 9.17) is 0 Å². The molecule has 1 aliphatic rings. The number of aromatic amines is 1. The van der Waals surface area contributed by atoms with Crippen molar-refractivity contribution in [3.05, 3.63) is 71.2 Å². The van der Waals surface area contributed by atoms with E-state index in [1.807, 2.05) is 11.8 Å². The van der Waals surface area contributed by atoms with Crippen molar-refractivity contribution in [2.24, 2.45) is 0 Å². The van der Waals surface area contributed by atoms with Crippen LogP contribution in [0.3, 0.4) is 0 Å². The molecule has 2 aromatic carbocycles. The van der Waals surface area contributed by atoms with Crippen LogP contribution in [-0.2, 0) is 6.54 Å². The monoisotopic (exact) mass is 407 g/mol. The molecule has 4 nitrogen and oxygen atoms in total. The third-order valence-corrected chi connectivity index (χ3v) is 6.18. The lowest BCUT2D eigenvalue weighted by Crippen LogP contribution is -2.46. The van der Waals surface area contributed by atoms with Crippen molar-refractivity contribution in [1.29, 1.82) is 0 Å². The zero-order valence-electron chi connectivity index (χ0n) is 17.7. The molecule has 1 aliphatic carbocycles. The third-order valence-electron chi connectivity index (χ3n) is 6.18. The molecule has 1 aromatic heterocycles. The van der Waals surface area contributed by atoms with Crippen molar-refractivity contribution in [3.63, 3.8) is 0 Å². The highest BCUT2D eigenvalue weighted by molar-refractivity contribution is 5.98. The fourth-order valence-corrected chi connectivity index (χ4v) is 4.66. The third kappa shape index (κ3) is 4.57. The van der Waals surface area contributed by atoms with E-state index < -0.39 is 0 Å². The van der Waals surface area contributed by atoms with Gasteiger partial charge in [-0.3, -0.25) is 4.79 Å². The van der Waals surface area contributed by atoms with Gasteiger partial charge < -0.3 is 15.2 Å². The van der Waals surface area contributed by atoms with Crippen LogP contribution in [0.15, 0.2) is 48.5 Å². The van der Waals surface area contributed by atoms with E-state index in [0.717, 1.165) is 43.1 Å². The second-order valence-electron chi connectivity index (χ2n) is 8.39. The summed E-state index contributed by atoms with van der Waals surface area (Å²) < 4.78 is 13.5. The minimum atomic E-state index is -0.289. The maximum atomic E-state index is 13.5. The molecule has 0 saturated heterocycles. The second kappa shape index (κ2) is 9.00. The van der Waals surface area contributed by atoms with E-state index in [-0.39, 0.29) is 17.8 Å². The Balaban J connectivity index is 1.43. The number of aromatic nitrogens is 1. The first-order valence-electron chi connectivity index (χ1n) is 10.9. The van der Waals surface area contributed by atoms with Crippen molar-refractivity contribution in [2.75, 3.05) is 6.54 Å². The molecular weight excluding hydrogens is 377 g/mol. The van der Waals surface area contributed by atoms with Crippen molar-refractivity contribution >= 4 is 16.8 Å². The highest BCUT2D eigenvalue weighted by Crippen LogP contribution is 2.26. The minimum absolute atomic E-state index is 0.00144. The van der Waals surface area contributed by atoms with E-state index in [1.54, 1.807) is 12.1 Å². The molecule has 2 N–H and O–H groups in total. The van der Waals surface area contributed by atoms with Gasteiger partial charge in [0.25, 0.3) is 5.91 Å². The molecule has 1 heterocycles. The number of rotatable bonds is 6. The lowest BCUT2D eigenvalue weighted by atomic mass is 9.89. The molecule has 2 atom stereocenters. The molecule has 158 valence electrons. The first-order chi connectivity index (χ1) is 14.5. The summed E-state index contributed by atoms with van der Waals surface area (Å²) in [7, 11) is 0. The number of H-pyrrole nitrogens is 1. The molecule has 5 heteroatoms. The van der Waals surface area contributed by atoms with Crippen LogP contribution >= 0.6 is 0 Å². The first-order valence-corrected chi connectivity index (χ1v) is 10.9. The lowest BCUT2D eigenvalue weighted by Gasteiger charge is -2.37. The normalized spacial score (nSPS) is 19.2. The van der Waals surface area contributed by atoms with Gasteiger partial charge in [0.15, 0.2) is 0 Å². The van der Waals surface area contributed by atoms with E-state index in [0.29, 0.717) is 18.3 Å². The van der Waals surface area contributed by atoms with Gasteiger partial charge in [-0.2, -0.15) is 0 Å². The predicted octanol–water partition coefficient (Wildman–Crippen LogP) is 5.18. The summed E-state index contributed by atoms with van der Waals surface area (Å²) in [5.41, 5.74) is 3.90. The van der Waals surface area contributed by atoms with Crippen LogP contribution in [0.25, 0.3) is 10.9 Å². The lowest BCUT2D eigenvalue weighted by molar-refractivity contribution is 0.0623. The number of halogens is 1. The summed E-state index contributed by atoms with van der Waals surface area (Å²) in [6, 6.07) is 15.5. The number of fused-ring (bicyclic) bond motifs is 1. The Kier molecular flexibility index (Phi) is 6.18. The van der Waals surface area contributed by atoms with E-state index in [2.05, 4.69) is 41.5 Å². The van der Waals surface area contributed by atoms with Crippen molar-refractivity contribution in [2.45, 2.75) is 58.2 Å². The Morgan fingerprint density at radius 1 is 1.20 bits per heavy atom. The fraction of sp³-hybridized carbons (Fsp3) is 0.400. The number of carbonyl (C=O) groups excluding carboxylic acids is 1. The van der Waals surface area contributed by atoms with Gasteiger partial charge in [-0.1, -0.05) is 29.8 Å². The Hall–Kier alpha value is -2.66. The maximum Gasteiger partial charge on any atom is 0.270 e. The summed E-state index contributed by atoms with van der Waals surface area (Å²) in [6.07, 6.45) is 4.23. The van der Waals surface area contributed by atoms with Gasteiger partial charge in [-0.15, -0.1) is 0 Å². The molecule has 3 aromatic rings. The number of hydrogen-bond donors (Lipinski definition) is 2. The minimum Gasteiger partial charge on any atom is -0.351 e. The Morgan fingerprint density at radius 3 is 2.87 bits per heavy atom. The van der Waals surface area contributed by atoms with Crippen LogP contribution in [0.2, 0.25) is 0 Å². The van der Waals surface area contributed by atoms with Crippen LogP contribution in [0.5, 0.6) is 0 Å². The highest BCUT2D eigenvalue weighted by Gasteiger charge is 2.29. The molecule has 0 aliphatic heterocycles. The Labute approximate surface area is 177 Å². The molecule has 0 spiro atoms. The quantitative estimate of drug-likeness (QED) is 0.592. The zero-order valence-corrected chi connectivity index (χ0v) is 17.7. The average Bonchev–Trinajstić information content (AvgIpc) is 3.16. The van der Waals surface area contributed by atoms with Crippen LogP contribution in [0, 0.1) is 12.7 Å². The fourth-order valence-electron chi connectivity index (χ4n) is 4.66. The standard InChI is InChI=1S/C25H30FN3O/c1-3-29(25(30)24-14-19-13-20(26)10-11-23(19)28-24)22-9-5-8-21(15-22)27-16-18-7-4-6-17(2)12-18/h4,6-7,10-14,21-22,27-28H,3,5,8-9,15-16H2,1-2H3/t21-,22+/m1/s1. The Bertz CT molecular complexity index is 1030. The van der Waals surface area contributed by atoms with Crippen LogP contribution in [0.4, 0.5) is 4.39 Å². The maximum absolute atomic E-state index is 13.5. The first kappa shape index (κ1) is 20.6. The molecular formula is C25H30FN3O. The van der Waals surface area contributed by atoms with Gasteiger partial charge in [0.05, 0.1) is 0 Å². The summed E-state index contributed by atoms with van der Waals surface area (Å²) in [5, 5.41) is 4.43. The average molecular weight is 408 g/mol. The summed E-state index contributed by atoms with van der Waals surface area (Å²) >= 11 is 0. The number of hydrogen-bond acceptors (Lipinski definition) is 2. The Morgan fingerprint density at radius 2 is 2.07 bits per heavy atom. The van der Waals surface area contributed by atoms with Gasteiger partial charge in [-0.05, 0) is 69.4 Å². The van der Waals surface area contributed by atoms with Crippen LogP contribution in [0.1, 0.15) is 54.2 Å². The van der Waals surface area contributed by atoms with Gasteiger partial charge in [0.1, 0.15) is 11.5 Å². The largest absolute Gasteiger partial charge is 0.351 e. The highest BCUT2D eigenvalue weighted by atomic mass is 19.1. The topological polar surface area (TPSA) is 48.1 Å². The molecule has 1 fully saturated rings. The van der Waals surface area contributed by atoms with Crippen molar-refractivity contribution in [1.82, 2.24) is 15.2 Å². The zero-order chi connectivity index (χ0) is 21.1.